The lowest BCUT2D eigenvalue weighted by molar-refractivity contribution is 0.242. The Morgan fingerprint density at radius 2 is 1.69 bits per heavy atom. The van der Waals surface area contributed by atoms with Gasteiger partial charge in [-0.15, -0.1) is 0 Å². The predicted octanol–water partition coefficient (Wildman–Crippen LogP) is 1.60. The lowest BCUT2D eigenvalue weighted by Gasteiger charge is -2.04. The molecule has 76 valence electrons. The second-order valence-corrected chi connectivity index (χ2v) is 4.96. The van der Waals surface area contributed by atoms with Gasteiger partial charge in [0.05, 0.1) is 0 Å². The fraction of sp³-hybridized carbons (Fsp3) is 0.900. The van der Waals surface area contributed by atoms with E-state index in [-0.39, 0.29) is 6.03 Å². The molecule has 1 aliphatic rings. The molecule has 1 aliphatic carbocycles. The number of hydrogen-bond donors (Lipinski definition) is 2. The van der Waals surface area contributed by atoms with Crippen LogP contribution in [0.5, 0.6) is 0 Å². The Morgan fingerprint density at radius 3 is 2.00 bits per heavy atom. The standard InChI is InChI=1S/C10H20N2O/c1-9(2)7(10(9,3)4)6-12-8(13)11-5/h7H,6H2,1-5H3,(H2,11,12,13). The van der Waals surface area contributed by atoms with Crippen molar-refractivity contribution in [1.29, 1.82) is 0 Å². The van der Waals surface area contributed by atoms with Crippen LogP contribution < -0.4 is 10.6 Å². The van der Waals surface area contributed by atoms with Gasteiger partial charge in [-0.2, -0.15) is 0 Å². The van der Waals surface area contributed by atoms with E-state index in [0.717, 1.165) is 6.54 Å². The largest absolute Gasteiger partial charge is 0.341 e. The van der Waals surface area contributed by atoms with Crippen LogP contribution in [0.15, 0.2) is 0 Å². The van der Waals surface area contributed by atoms with Crippen LogP contribution in [0.1, 0.15) is 27.7 Å². The van der Waals surface area contributed by atoms with Crippen LogP contribution in [0.25, 0.3) is 0 Å². The summed E-state index contributed by atoms with van der Waals surface area (Å²) < 4.78 is 0. The van der Waals surface area contributed by atoms with Crippen LogP contribution in [0.3, 0.4) is 0 Å². The summed E-state index contributed by atoms with van der Waals surface area (Å²) in [5.41, 5.74) is 0.710. The van der Waals surface area contributed by atoms with Gasteiger partial charge in [-0.05, 0) is 16.7 Å². The molecule has 0 saturated heterocycles. The van der Waals surface area contributed by atoms with Crippen molar-refractivity contribution in [3.05, 3.63) is 0 Å². The van der Waals surface area contributed by atoms with E-state index in [1.807, 2.05) is 0 Å². The molecule has 1 fully saturated rings. The third-order valence-corrected chi connectivity index (χ3v) is 4.01. The van der Waals surface area contributed by atoms with Crippen LogP contribution in [0, 0.1) is 16.7 Å². The molecule has 2 amide bonds. The zero-order valence-corrected chi connectivity index (χ0v) is 9.19. The van der Waals surface area contributed by atoms with Crippen molar-refractivity contribution in [2.45, 2.75) is 27.7 Å². The highest BCUT2D eigenvalue weighted by Crippen LogP contribution is 2.67. The van der Waals surface area contributed by atoms with E-state index in [0.29, 0.717) is 16.7 Å². The van der Waals surface area contributed by atoms with E-state index in [4.69, 9.17) is 0 Å². The first kappa shape index (κ1) is 10.4. The van der Waals surface area contributed by atoms with Crippen LogP contribution in [0.2, 0.25) is 0 Å². The number of hydrogen-bond acceptors (Lipinski definition) is 1. The lowest BCUT2D eigenvalue weighted by Crippen LogP contribution is -2.34. The number of carbonyl (C=O) groups excluding carboxylic acids is 1. The molecule has 3 nitrogen and oxygen atoms in total. The van der Waals surface area contributed by atoms with Crippen LogP contribution >= 0.6 is 0 Å². The van der Waals surface area contributed by atoms with E-state index < -0.39 is 0 Å². The van der Waals surface area contributed by atoms with Gasteiger partial charge < -0.3 is 10.6 Å². The summed E-state index contributed by atoms with van der Waals surface area (Å²) in [7, 11) is 1.64. The number of urea groups is 1. The van der Waals surface area contributed by atoms with Gasteiger partial charge in [0.15, 0.2) is 0 Å². The molecule has 0 spiro atoms. The predicted molar refractivity (Wildman–Crippen MR) is 53.5 cm³/mol. The van der Waals surface area contributed by atoms with Crippen molar-refractivity contribution in [3.8, 4) is 0 Å². The molecule has 0 aromatic rings. The number of carbonyl (C=O) groups is 1. The summed E-state index contributed by atoms with van der Waals surface area (Å²) >= 11 is 0. The van der Waals surface area contributed by atoms with Crippen molar-refractivity contribution >= 4 is 6.03 Å². The van der Waals surface area contributed by atoms with Crippen LogP contribution in [-0.4, -0.2) is 19.6 Å². The Kier molecular flexibility index (Phi) is 2.30. The minimum atomic E-state index is -0.0847. The SMILES string of the molecule is CNC(=O)NCC1C(C)(C)C1(C)C. The Morgan fingerprint density at radius 1 is 1.23 bits per heavy atom. The van der Waals surface area contributed by atoms with E-state index >= 15 is 0 Å². The molecular formula is C10H20N2O. The minimum absolute atomic E-state index is 0.0847. The summed E-state index contributed by atoms with van der Waals surface area (Å²) in [5.74, 6) is 0.595. The highest BCUT2D eigenvalue weighted by Gasteiger charge is 2.64. The third-order valence-electron chi connectivity index (χ3n) is 4.01. The minimum Gasteiger partial charge on any atom is -0.341 e. The molecule has 0 aromatic heterocycles. The summed E-state index contributed by atoms with van der Waals surface area (Å²) in [5, 5.41) is 5.41. The topological polar surface area (TPSA) is 41.1 Å². The summed E-state index contributed by atoms with van der Waals surface area (Å²) in [4.78, 5) is 10.9. The molecule has 0 bridgehead atoms. The van der Waals surface area contributed by atoms with Crippen LogP contribution in [0.4, 0.5) is 4.79 Å². The molecule has 0 unspecified atom stereocenters. The fourth-order valence-corrected chi connectivity index (χ4v) is 2.13. The molecule has 13 heavy (non-hydrogen) atoms. The molecule has 0 radical (unpaired) electrons. The molecule has 3 heteroatoms. The molecule has 1 saturated carbocycles. The number of amides is 2. The van der Waals surface area contributed by atoms with Gasteiger partial charge in [-0.3, -0.25) is 0 Å². The average Bonchev–Trinajstić information content (AvgIpc) is 2.40. The van der Waals surface area contributed by atoms with Gasteiger partial charge >= 0.3 is 6.03 Å². The highest BCUT2D eigenvalue weighted by atomic mass is 16.2. The molecular weight excluding hydrogens is 164 g/mol. The molecule has 2 N–H and O–H groups in total. The van der Waals surface area contributed by atoms with E-state index in [9.17, 15) is 4.79 Å². The second-order valence-electron chi connectivity index (χ2n) is 4.96. The van der Waals surface area contributed by atoms with Gasteiger partial charge in [0.25, 0.3) is 0 Å². The Balaban J connectivity index is 2.38. The Bertz CT molecular complexity index is 207. The van der Waals surface area contributed by atoms with Gasteiger partial charge in [0.2, 0.25) is 0 Å². The summed E-state index contributed by atoms with van der Waals surface area (Å²) in [6, 6.07) is -0.0847. The van der Waals surface area contributed by atoms with Crippen molar-refractivity contribution in [1.82, 2.24) is 10.6 Å². The van der Waals surface area contributed by atoms with Gasteiger partial charge in [-0.25, -0.2) is 4.79 Å². The number of rotatable bonds is 2. The first-order valence-electron chi connectivity index (χ1n) is 4.79. The monoisotopic (exact) mass is 184 g/mol. The average molecular weight is 184 g/mol. The maximum Gasteiger partial charge on any atom is 0.314 e. The Labute approximate surface area is 80.3 Å². The van der Waals surface area contributed by atoms with Gasteiger partial charge in [-0.1, -0.05) is 27.7 Å². The lowest BCUT2D eigenvalue weighted by atomic mass is 10.0. The molecule has 1 rings (SSSR count). The zero-order chi connectivity index (χ0) is 10.3. The van der Waals surface area contributed by atoms with E-state index in [1.165, 1.54) is 0 Å². The normalized spacial score (nSPS) is 23.8. The summed E-state index contributed by atoms with van der Waals surface area (Å²) in [6.45, 7) is 9.79. The smallest absolute Gasteiger partial charge is 0.314 e. The molecule has 0 aromatic carbocycles. The first-order chi connectivity index (χ1) is 5.84. The van der Waals surface area contributed by atoms with E-state index in [1.54, 1.807) is 7.05 Å². The first-order valence-corrected chi connectivity index (χ1v) is 4.79. The summed E-state index contributed by atoms with van der Waals surface area (Å²) in [6.07, 6.45) is 0. The Hall–Kier alpha value is -0.730. The quantitative estimate of drug-likeness (QED) is 0.672. The third kappa shape index (κ3) is 1.52. The highest BCUT2D eigenvalue weighted by molar-refractivity contribution is 5.73. The van der Waals surface area contributed by atoms with Crippen molar-refractivity contribution in [3.63, 3.8) is 0 Å². The second kappa shape index (κ2) is 2.89. The fourth-order valence-electron chi connectivity index (χ4n) is 2.13. The maximum absolute atomic E-state index is 10.9. The number of nitrogens with one attached hydrogen (secondary N) is 2. The molecule has 0 heterocycles. The zero-order valence-electron chi connectivity index (χ0n) is 9.19. The maximum atomic E-state index is 10.9. The van der Waals surface area contributed by atoms with Crippen molar-refractivity contribution in [2.75, 3.05) is 13.6 Å². The molecule has 0 aliphatic heterocycles. The van der Waals surface area contributed by atoms with Gasteiger partial charge in [0.1, 0.15) is 0 Å². The van der Waals surface area contributed by atoms with Crippen molar-refractivity contribution < 1.29 is 4.79 Å². The van der Waals surface area contributed by atoms with E-state index in [2.05, 4.69) is 38.3 Å². The van der Waals surface area contributed by atoms with Crippen LogP contribution in [-0.2, 0) is 0 Å². The molecule has 0 atom stereocenters. The van der Waals surface area contributed by atoms with Gasteiger partial charge in [0, 0.05) is 13.6 Å². The van der Waals surface area contributed by atoms with Crippen molar-refractivity contribution in [2.24, 2.45) is 16.7 Å².